The van der Waals surface area contributed by atoms with Crippen molar-refractivity contribution in [3.8, 4) is 16.9 Å². The minimum absolute atomic E-state index is 0.0178. The molecule has 0 unspecified atom stereocenters. The maximum Gasteiger partial charge on any atom is 0.433 e. The summed E-state index contributed by atoms with van der Waals surface area (Å²) in [6.45, 7) is -0.939. The SMILES string of the molecule is CN1N(Cc2ccc(OCCCCOC[C@H](O)CO)c(F)c2F)C(=O)C(C(=O)Nc2ccc(C(F)(F)F)cc2-c2ccc(C(F)(F)F)nc2)=C(O)C12CCC2. The summed E-state index contributed by atoms with van der Waals surface area (Å²) in [5.41, 5.74) is -6.00. The van der Waals surface area contributed by atoms with Crippen molar-refractivity contribution in [2.75, 3.05) is 38.8 Å². The third kappa shape index (κ3) is 8.84. The average Bonchev–Trinajstić information content (AvgIpc) is 3.10. The van der Waals surface area contributed by atoms with Crippen LogP contribution in [0.5, 0.6) is 5.75 Å². The topological polar surface area (TPSA) is 145 Å². The first-order chi connectivity index (χ1) is 25.9. The molecule has 2 aliphatic rings. The predicted octanol–water partition coefficient (Wildman–Crippen LogP) is 6.16. The van der Waals surface area contributed by atoms with E-state index in [0.29, 0.717) is 43.7 Å². The lowest BCUT2D eigenvalue weighted by Crippen LogP contribution is -2.65. The highest BCUT2D eigenvalue weighted by Gasteiger charge is 2.55. The van der Waals surface area contributed by atoms with Gasteiger partial charge >= 0.3 is 12.4 Å². The molecule has 1 spiro atoms. The second-order valence-corrected chi connectivity index (χ2v) is 13.0. The highest BCUT2D eigenvalue weighted by atomic mass is 19.4. The van der Waals surface area contributed by atoms with E-state index < -0.39 is 94.5 Å². The van der Waals surface area contributed by atoms with Gasteiger partial charge in [-0.05, 0) is 62.4 Å². The standard InChI is InChI=1S/C36H36F8N4O7/c1-47-34(11-4-12-34)31(51)28(32(52)46-25-8-7-22(35(39,40)41)15-24(25)20-6-10-27(45-16-20)36(42,43)44)33(53)48(47)17-21-5-9-26(30(38)29(21)37)55-14-3-2-13-54-19-23(50)18-49/h5-10,15-16,23,49-51H,2-4,11-14,17-19H2,1H3,(H,46,52)/t23-/m1/s1. The van der Waals surface area contributed by atoms with E-state index in [9.17, 15) is 46.1 Å². The molecule has 2 heterocycles. The molecule has 1 saturated carbocycles. The van der Waals surface area contributed by atoms with Crippen molar-refractivity contribution in [1.82, 2.24) is 15.0 Å². The smallest absolute Gasteiger partial charge is 0.433 e. The number of hydrogen-bond donors (Lipinski definition) is 4. The number of halogens is 8. The molecule has 55 heavy (non-hydrogen) atoms. The molecule has 0 radical (unpaired) electrons. The zero-order valence-electron chi connectivity index (χ0n) is 29.1. The van der Waals surface area contributed by atoms with Crippen molar-refractivity contribution in [1.29, 1.82) is 0 Å². The van der Waals surface area contributed by atoms with Crippen LogP contribution in [0.4, 0.5) is 40.8 Å². The number of nitrogens with one attached hydrogen (secondary N) is 1. The molecule has 1 aliphatic carbocycles. The van der Waals surface area contributed by atoms with E-state index in [2.05, 4.69) is 10.3 Å². The summed E-state index contributed by atoms with van der Waals surface area (Å²) in [5.74, 6) is -6.22. The number of alkyl halides is 6. The summed E-state index contributed by atoms with van der Waals surface area (Å²) in [7, 11) is 1.41. The molecule has 1 atom stereocenters. The summed E-state index contributed by atoms with van der Waals surface area (Å²) >= 11 is 0. The first-order valence-corrected chi connectivity index (χ1v) is 16.9. The number of aliphatic hydroxyl groups is 3. The molecular weight excluding hydrogens is 752 g/mol. The third-order valence-corrected chi connectivity index (χ3v) is 9.38. The van der Waals surface area contributed by atoms with Crippen LogP contribution in [0.15, 0.2) is 60.0 Å². The van der Waals surface area contributed by atoms with Gasteiger partial charge in [0.1, 0.15) is 23.1 Å². The van der Waals surface area contributed by atoms with Gasteiger partial charge in [-0.15, -0.1) is 0 Å². The van der Waals surface area contributed by atoms with E-state index >= 15 is 8.78 Å². The van der Waals surface area contributed by atoms with Gasteiger partial charge in [0.15, 0.2) is 11.6 Å². The number of anilines is 1. The predicted molar refractivity (Wildman–Crippen MR) is 178 cm³/mol. The van der Waals surface area contributed by atoms with Crippen molar-refractivity contribution in [2.24, 2.45) is 0 Å². The van der Waals surface area contributed by atoms with E-state index in [1.807, 2.05) is 0 Å². The fourth-order valence-electron chi connectivity index (χ4n) is 6.14. The normalized spacial score (nSPS) is 16.7. The van der Waals surface area contributed by atoms with Gasteiger partial charge in [0.05, 0.1) is 37.5 Å². The van der Waals surface area contributed by atoms with Gasteiger partial charge < -0.3 is 30.1 Å². The minimum atomic E-state index is -4.89. The van der Waals surface area contributed by atoms with Gasteiger partial charge in [-0.3, -0.25) is 19.6 Å². The molecule has 2 aromatic carbocycles. The Morgan fingerprint density at radius 1 is 1.00 bits per heavy atom. The summed E-state index contributed by atoms with van der Waals surface area (Å²) in [6, 6.07) is 5.75. The number of carbonyl (C=O) groups excluding carboxylic acids is 2. The molecule has 1 fully saturated rings. The number of hydrazine groups is 1. The largest absolute Gasteiger partial charge is 0.509 e. The fourth-order valence-corrected chi connectivity index (χ4v) is 6.14. The number of rotatable bonds is 14. The monoisotopic (exact) mass is 788 g/mol. The summed E-state index contributed by atoms with van der Waals surface area (Å²) in [5, 5.41) is 34.0. The number of aliphatic hydroxyl groups excluding tert-OH is 3. The molecule has 19 heteroatoms. The molecule has 5 rings (SSSR count). The van der Waals surface area contributed by atoms with Crippen LogP contribution < -0.4 is 10.1 Å². The van der Waals surface area contributed by atoms with Crippen molar-refractivity contribution < 1.29 is 69.5 Å². The van der Waals surface area contributed by atoms with Crippen molar-refractivity contribution in [3.05, 3.63) is 88.4 Å². The number of aromatic nitrogens is 1. The number of amides is 2. The van der Waals surface area contributed by atoms with Crippen molar-refractivity contribution in [2.45, 2.75) is 62.6 Å². The summed E-state index contributed by atoms with van der Waals surface area (Å²) in [6.07, 6.45) is -8.24. The first-order valence-electron chi connectivity index (χ1n) is 16.9. The van der Waals surface area contributed by atoms with Crippen molar-refractivity contribution in [3.63, 3.8) is 0 Å². The molecule has 0 bridgehead atoms. The fraction of sp³-hybridized carbons (Fsp3) is 0.417. The van der Waals surface area contributed by atoms with Gasteiger partial charge in [0, 0.05) is 42.2 Å². The van der Waals surface area contributed by atoms with Crippen LogP contribution in [0.25, 0.3) is 11.1 Å². The molecule has 1 aliphatic heterocycles. The Morgan fingerprint density at radius 3 is 2.31 bits per heavy atom. The highest BCUT2D eigenvalue weighted by molar-refractivity contribution is 6.24. The lowest BCUT2D eigenvalue weighted by molar-refractivity contribution is -0.172. The van der Waals surface area contributed by atoms with Crippen LogP contribution in [0, 0.1) is 11.6 Å². The quantitative estimate of drug-likeness (QED) is 0.0859. The first kappa shape index (κ1) is 41.3. The van der Waals surface area contributed by atoms with Crippen LogP contribution in [0.3, 0.4) is 0 Å². The van der Waals surface area contributed by atoms with E-state index in [1.54, 1.807) is 0 Å². The number of unbranched alkanes of at least 4 members (excludes halogenated alkanes) is 1. The highest BCUT2D eigenvalue weighted by Crippen LogP contribution is 2.47. The van der Waals surface area contributed by atoms with Gasteiger partial charge in [0.25, 0.3) is 11.8 Å². The Labute approximate surface area is 308 Å². The van der Waals surface area contributed by atoms with Gasteiger partial charge in [-0.2, -0.15) is 30.7 Å². The molecule has 3 aromatic rings. The van der Waals surface area contributed by atoms with E-state index in [1.165, 1.54) is 18.1 Å². The molecule has 298 valence electrons. The maximum absolute atomic E-state index is 15.4. The van der Waals surface area contributed by atoms with Crippen molar-refractivity contribution >= 4 is 17.5 Å². The maximum atomic E-state index is 15.4. The summed E-state index contributed by atoms with van der Waals surface area (Å²) in [4.78, 5) is 31.0. The Kier molecular flexibility index (Phi) is 12.4. The van der Waals surface area contributed by atoms with E-state index in [4.69, 9.17) is 14.6 Å². The molecule has 2 amide bonds. The Morgan fingerprint density at radius 2 is 1.71 bits per heavy atom. The number of nitrogens with zero attached hydrogens (tertiary/aromatic N) is 3. The number of pyridine rings is 1. The molecule has 0 saturated heterocycles. The van der Waals surface area contributed by atoms with Gasteiger partial charge in [-0.1, -0.05) is 12.1 Å². The lowest BCUT2D eigenvalue weighted by Gasteiger charge is -2.54. The molecule has 1 aromatic heterocycles. The van der Waals surface area contributed by atoms with Crippen LogP contribution in [-0.2, 0) is 33.2 Å². The van der Waals surface area contributed by atoms with Crippen LogP contribution in [0.1, 0.15) is 48.9 Å². The number of likely N-dealkylation sites (N-methyl/N-ethyl adjacent to an activating group) is 1. The van der Waals surface area contributed by atoms with Gasteiger partial charge in [-0.25, -0.2) is 9.40 Å². The number of benzene rings is 2. The number of carbonyl (C=O) groups is 2. The summed E-state index contributed by atoms with van der Waals surface area (Å²) < 4.78 is 122. The van der Waals surface area contributed by atoms with Crippen LogP contribution >= 0.6 is 0 Å². The Hall–Kier alpha value is -4.85. The molecular formula is C36H36F8N4O7. The van der Waals surface area contributed by atoms with Crippen LogP contribution in [-0.4, -0.2) is 87.3 Å². The van der Waals surface area contributed by atoms with E-state index in [0.717, 1.165) is 23.2 Å². The van der Waals surface area contributed by atoms with Crippen LogP contribution in [0.2, 0.25) is 0 Å². The average molecular weight is 789 g/mol. The number of ether oxygens (including phenoxy) is 2. The Balaban J connectivity index is 1.37. The van der Waals surface area contributed by atoms with Gasteiger partial charge in [0.2, 0.25) is 5.82 Å². The minimum Gasteiger partial charge on any atom is -0.509 e. The Bertz CT molecular complexity index is 1920. The zero-order valence-corrected chi connectivity index (χ0v) is 29.1. The number of hydrogen-bond acceptors (Lipinski definition) is 9. The second kappa shape index (κ2) is 16.5. The third-order valence-electron chi connectivity index (χ3n) is 9.38. The molecule has 4 N–H and O–H groups in total. The zero-order chi connectivity index (χ0) is 40.3. The van der Waals surface area contributed by atoms with E-state index in [-0.39, 0.29) is 49.5 Å². The second-order valence-electron chi connectivity index (χ2n) is 13.0. The molecule has 11 nitrogen and oxygen atoms in total. The lowest BCUT2D eigenvalue weighted by atomic mass is 9.72.